The number of aromatic amines is 1. The van der Waals surface area contributed by atoms with Gasteiger partial charge in [-0.3, -0.25) is 44.1 Å². The minimum absolute atomic E-state index is 0.104. The van der Waals surface area contributed by atoms with Gasteiger partial charge in [0.25, 0.3) is 0 Å². The van der Waals surface area contributed by atoms with Gasteiger partial charge in [-0.15, -0.1) is 56.7 Å². The topological polar surface area (TPSA) is 273 Å². The first kappa shape index (κ1) is 73.1. The van der Waals surface area contributed by atoms with Gasteiger partial charge < -0.3 is 21.8 Å². The van der Waals surface area contributed by atoms with Crippen LogP contribution >= 0.6 is 92.9 Å². The average molecular weight is 1430 g/mol. The van der Waals surface area contributed by atoms with Gasteiger partial charge in [0.15, 0.2) is 12.1 Å². The molecular formula is C71H84N12O4S8. The summed E-state index contributed by atoms with van der Waals surface area (Å²) in [6.45, 7) is 22.4. The first-order chi connectivity index (χ1) is 45.0. The zero-order chi connectivity index (χ0) is 68.6. The minimum atomic E-state index is -0.448. The van der Waals surface area contributed by atoms with Gasteiger partial charge in [-0.05, 0) is 139 Å². The molecule has 95 heavy (non-hydrogen) atoms. The number of thiazole rings is 5. The van der Waals surface area contributed by atoms with Gasteiger partial charge in [0, 0.05) is 99.7 Å². The van der Waals surface area contributed by atoms with Crippen LogP contribution in [0.5, 0.6) is 0 Å². The van der Waals surface area contributed by atoms with Crippen molar-refractivity contribution in [1.82, 2.24) is 40.2 Å². The predicted molar refractivity (Wildman–Crippen MR) is 392 cm³/mol. The highest BCUT2D eigenvalue weighted by Crippen LogP contribution is 2.52. The number of carbonyl (C=O) groups excluding carboxylic acids is 4. The predicted octanol–water partition coefficient (Wildman–Crippen LogP) is 17.1. The molecule has 2 aliphatic heterocycles. The molecule has 1 amide bonds. The monoisotopic (exact) mass is 1420 g/mol. The first-order valence-electron chi connectivity index (χ1n) is 32.0. The number of thiocarbonyl (C=S) groups is 1. The zero-order valence-electron chi connectivity index (χ0n) is 55.7. The lowest BCUT2D eigenvalue weighted by Crippen LogP contribution is -2.41. The summed E-state index contributed by atoms with van der Waals surface area (Å²) in [5, 5.41) is 22.7. The van der Waals surface area contributed by atoms with E-state index in [4.69, 9.17) is 40.9 Å². The highest BCUT2D eigenvalue weighted by molar-refractivity contribution is 8.01. The summed E-state index contributed by atoms with van der Waals surface area (Å²) < 4.78 is 0.548. The Morgan fingerprint density at radius 2 is 1.23 bits per heavy atom. The molecule has 4 unspecified atom stereocenters. The maximum absolute atomic E-state index is 11.9. The Labute approximate surface area is 592 Å². The average Bonchev–Trinajstić information content (AvgIpc) is 1.70. The molecule has 4 atom stereocenters. The first-order valence-corrected chi connectivity index (χ1v) is 38.1. The van der Waals surface area contributed by atoms with Gasteiger partial charge in [-0.2, -0.15) is 10.5 Å². The second-order valence-electron chi connectivity index (χ2n) is 29.2. The third-order valence-corrected chi connectivity index (χ3v) is 24.4. The normalized spacial score (nSPS) is 22.5. The molecule has 0 aromatic carbocycles. The van der Waals surface area contributed by atoms with Gasteiger partial charge >= 0.3 is 0 Å². The van der Waals surface area contributed by atoms with Crippen LogP contribution in [0.15, 0.2) is 80.4 Å². The second kappa shape index (κ2) is 31.1. The van der Waals surface area contributed by atoms with Crippen LogP contribution in [0, 0.1) is 60.3 Å². The summed E-state index contributed by atoms with van der Waals surface area (Å²) in [7, 11) is 0. The Morgan fingerprint density at radius 3 is 1.78 bits per heavy atom. The second-order valence-corrected chi connectivity index (χ2v) is 35.7. The number of rotatable bonds is 6. The Bertz CT molecular complexity index is 4110. The number of Topliss-reactive ketones (excluding diaryl/α,β-unsaturated/α-hetero) is 2. The standard InChI is InChI=1S/C17H20N4OS2.C15H17N3S2.C15H15N3S2.C12H15NOS.C8H14O.C4H3NOS/c1-17(2)4-3-8-9(5-17)21-16-12(11(8)10-6-20-7-23-10)13(18)14(24-16)15(19)22;2*1-15(2)4-3-9-11(5-15)18-14(19)10(6-16)13(9)12-7-17-8-20-12;1-12(2)4-3-9(11(14)6-12)5-10-7-13-8-15-10;1-8(2)5-3-4-7(9)6-8;6-2-4-1-5-3-7-4/h6-7,13-14H,3-5,18H2,1-2H3,(H2,19,22);7-8,10,13H,3-5H2,1-2H3,(H,18,19);7-8H,3-5H2,1-2H3,(H,18,19);5,7-8H,3-4,6H2,1-2H3;3-6H2,1-2H3;1-3H/b;;;9-5+;;. The molecule has 16 nitrogen and oxygen atoms in total. The van der Waals surface area contributed by atoms with Crippen LogP contribution in [0.3, 0.4) is 0 Å². The van der Waals surface area contributed by atoms with Crippen molar-refractivity contribution in [2.75, 3.05) is 0 Å². The number of fused-ring (bicyclic) bond motifs is 3. The molecule has 0 bridgehead atoms. The number of pyridine rings is 2. The van der Waals surface area contributed by atoms with Crippen molar-refractivity contribution < 1.29 is 19.2 Å². The number of H-pyrrole nitrogens is 1. The van der Waals surface area contributed by atoms with Gasteiger partial charge in [-0.25, -0.2) is 4.98 Å². The molecule has 0 spiro atoms. The number of hydrogen-bond donors (Lipinski definition) is 4. The summed E-state index contributed by atoms with van der Waals surface area (Å²) in [4.78, 5) is 78.5. The van der Waals surface area contributed by atoms with E-state index in [1.807, 2.05) is 41.9 Å². The fourth-order valence-corrected chi connectivity index (χ4v) is 18.3. The van der Waals surface area contributed by atoms with Gasteiger partial charge in [-0.1, -0.05) is 105 Å². The van der Waals surface area contributed by atoms with Crippen molar-refractivity contribution in [3.05, 3.63) is 128 Å². The lowest BCUT2D eigenvalue weighted by Gasteiger charge is -2.41. The summed E-state index contributed by atoms with van der Waals surface area (Å²) >= 11 is 19.9. The van der Waals surface area contributed by atoms with Crippen LogP contribution in [0.1, 0.15) is 211 Å². The fraction of sp³-hybridized carbons (Fsp3) is 0.493. The van der Waals surface area contributed by atoms with Crippen molar-refractivity contribution in [3.63, 3.8) is 0 Å². The van der Waals surface area contributed by atoms with Crippen molar-refractivity contribution in [3.8, 4) is 33.0 Å². The van der Waals surface area contributed by atoms with Crippen LogP contribution in [0.4, 0.5) is 0 Å². The van der Waals surface area contributed by atoms with Crippen molar-refractivity contribution >= 4 is 128 Å². The number of nitrogens with zero attached hydrogens (tertiary/aromatic N) is 8. The molecule has 9 heterocycles. The number of allylic oxidation sites excluding steroid dienone is 3. The number of hydrogen-bond acceptors (Lipinski definition) is 21. The quantitative estimate of drug-likeness (QED) is 0.0684. The highest BCUT2D eigenvalue weighted by atomic mass is 32.2. The molecule has 6 N–H and O–H groups in total. The maximum Gasteiger partial charge on any atom is 0.232 e. The van der Waals surface area contributed by atoms with Crippen molar-refractivity contribution in [1.29, 1.82) is 10.5 Å². The number of carbonyl (C=O) groups is 4. The molecule has 5 aliphatic carbocycles. The van der Waals surface area contributed by atoms with Crippen LogP contribution in [0.25, 0.3) is 27.0 Å². The number of nitrogens with two attached hydrogens (primary N) is 2. The van der Waals surface area contributed by atoms with Gasteiger partial charge in [0.1, 0.15) is 32.7 Å². The number of primary amides is 1. The van der Waals surface area contributed by atoms with Crippen LogP contribution in [-0.2, 0) is 40.1 Å². The summed E-state index contributed by atoms with van der Waals surface area (Å²) in [5.41, 5.74) is 34.3. The number of ketones is 2. The summed E-state index contributed by atoms with van der Waals surface area (Å²) in [5.74, 6) is 0.225. The van der Waals surface area contributed by atoms with E-state index >= 15 is 0 Å². The molecule has 7 aliphatic rings. The molecular weight excluding hydrogens is 1340 g/mol. The number of aromatic nitrogens is 7. The number of thioether (sulfide) groups is 1. The van der Waals surface area contributed by atoms with Crippen LogP contribution in [0.2, 0.25) is 0 Å². The molecule has 500 valence electrons. The third kappa shape index (κ3) is 18.5. The SMILES string of the molecule is CC1(C)CC/C(=C\c2cncs2)C(=O)C1.CC1(C)CCC2=C(C1)NC(=S)C(C#N)C2c1cncs1.CC1(C)CCCC(=O)C1.CC1(C)CCc2c([nH]c(=S)c(C#N)c2-c2cncs2)C1.CC1(C)CCc2c(nc3c(c2-c2cncs2)C(N)C(C(N)=O)S3)C1.O=Cc1cncs1. The van der Waals surface area contributed by atoms with E-state index < -0.39 is 11.3 Å². The molecule has 7 aromatic heterocycles. The summed E-state index contributed by atoms with van der Waals surface area (Å²) in [6.07, 6.45) is 27.7. The smallest absolute Gasteiger partial charge is 0.232 e. The minimum Gasteiger partial charge on any atom is -0.369 e. The van der Waals surface area contributed by atoms with E-state index in [-0.39, 0.29) is 34.0 Å². The van der Waals surface area contributed by atoms with E-state index in [2.05, 4.69) is 117 Å². The van der Waals surface area contributed by atoms with Crippen molar-refractivity contribution in [2.45, 2.75) is 194 Å². The number of amides is 1. The highest BCUT2D eigenvalue weighted by Gasteiger charge is 2.43. The molecule has 24 heteroatoms. The number of aldehydes is 1. The van der Waals surface area contributed by atoms with Crippen molar-refractivity contribution in [2.24, 2.45) is 44.5 Å². The van der Waals surface area contributed by atoms with E-state index in [1.54, 1.807) is 61.9 Å². The van der Waals surface area contributed by atoms with E-state index in [1.165, 1.54) is 63.8 Å². The molecule has 0 radical (unpaired) electrons. The maximum atomic E-state index is 11.9. The molecule has 7 aromatic rings. The third-order valence-electron chi connectivity index (χ3n) is 18.5. The van der Waals surface area contributed by atoms with Crippen LogP contribution < -0.4 is 16.8 Å². The largest absolute Gasteiger partial charge is 0.369 e. The van der Waals surface area contributed by atoms with E-state index in [0.717, 1.165) is 149 Å². The Kier molecular flexibility index (Phi) is 23.9. The van der Waals surface area contributed by atoms with E-state index in [0.29, 0.717) is 48.9 Å². The number of nitrogens with one attached hydrogen (secondary N) is 2. The lowest BCUT2D eigenvalue weighted by atomic mass is 9.69. The lowest BCUT2D eigenvalue weighted by molar-refractivity contribution is -0.123. The zero-order valence-corrected chi connectivity index (χ0v) is 62.2. The Hall–Kier alpha value is -6.19. The van der Waals surface area contributed by atoms with Gasteiger partial charge in [0.2, 0.25) is 5.91 Å². The Balaban J connectivity index is 0.000000139. The molecule has 14 rings (SSSR count). The summed E-state index contributed by atoms with van der Waals surface area (Å²) in [6, 6.07) is 4.24. The van der Waals surface area contributed by atoms with Gasteiger partial charge in [0.05, 0.1) is 64.8 Å². The fourth-order valence-electron chi connectivity index (χ4n) is 13.4. The van der Waals surface area contributed by atoms with E-state index in [9.17, 15) is 29.7 Å². The molecule has 2 saturated carbocycles. The molecule has 0 saturated heterocycles. The Morgan fingerprint density at radius 1 is 0.663 bits per heavy atom. The number of nitriles is 2. The molecule has 2 fully saturated rings. The van der Waals surface area contributed by atoms with Crippen LogP contribution in [-0.4, -0.2) is 68.9 Å².